The van der Waals surface area contributed by atoms with Crippen LogP contribution in [0.25, 0.3) is 22.2 Å². The number of hydrogen-bond donors (Lipinski definition) is 1. The van der Waals surface area contributed by atoms with Crippen LogP contribution in [0.4, 0.5) is 0 Å². The van der Waals surface area contributed by atoms with Gasteiger partial charge in [0.25, 0.3) is 0 Å². The van der Waals surface area contributed by atoms with Gasteiger partial charge in [-0.05, 0) is 18.1 Å². The maximum Gasteiger partial charge on any atom is 0.354 e. The average molecular weight is 296 g/mol. The molecule has 3 rings (SSSR count). The highest BCUT2D eigenvalue weighted by atomic mass is 16.4. The van der Waals surface area contributed by atoms with Crippen molar-refractivity contribution in [2.75, 3.05) is 0 Å². The quantitative estimate of drug-likeness (QED) is 0.800. The van der Waals surface area contributed by atoms with Gasteiger partial charge in [-0.25, -0.2) is 19.7 Å². The van der Waals surface area contributed by atoms with Crippen LogP contribution in [0.15, 0.2) is 37.1 Å². The molecule has 0 amide bonds. The van der Waals surface area contributed by atoms with Gasteiger partial charge < -0.3 is 9.67 Å². The molecule has 3 aromatic rings. The Morgan fingerprint density at radius 3 is 2.64 bits per heavy atom. The molecule has 6 heteroatoms. The van der Waals surface area contributed by atoms with Crippen molar-refractivity contribution in [3.8, 4) is 11.1 Å². The van der Waals surface area contributed by atoms with Gasteiger partial charge in [0, 0.05) is 41.6 Å². The first-order valence-electron chi connectivity index (χ1n) is 7.05. The Morgan fingerprint density at radius 1 is 1.27 bits per heavy atom. The summed E-state index contributed by atoms with van der Waals surface area (Å²) in [6.45, 7) is 4.98. The Bertz CT molecular complexity index is 825. The summed E-state index contributed by atoms with van der Waals surface area (Å²) in [6.07, 6.45) is 6.96. The zero-order chi connectivity index (χ0) is 15.7. The van der Waals surface area contributed by atoms with E-state index >= 15 is 0 Å². The number of carbonyl (C=O) groups is 1. The summed E-state index contributed by atoms with van der Waals surface area (Å²) in [5.74, 6) is -0.602. The van der Waals surface area contributed by atoms with Crippen LogP contribution in [-0.2, 0) is 6.54 Å². The molecule has 6 nitrogen and oxygen atoms in total. The summed E-state index contributed by atoms with van der Waals surface area (Å²) in [6, 6.07) is 3.32. The SMILES string of the molecule is CC(C)Cn1cc(-c2cncnc2)c2ccc(C(=O)O)nc21. The second-order valence-corrected chi connectivity index (χ2v) is 5.59. The highest BCUT2D eigenvalue weighted by Crippen LogP contribution is 2.29. The van der Waals surface area contributed by atoms with Crippen LogP contribution >= 0.6 is 0 Å². The molecule has 0 radical (unpaired) electrons. The highest BCUT2D eigenvalue weighted by Gasteiger charge is 2.15. The van der Waals surface area contributed by atoms with Crippen LogP contribution in [0.2, 0.25) is 0 Å². The number of hydrogen-bond acceptors (Lipinski definition) is 4. The molecule has 0 fully saturated rings. The molecule has 0 atom stereocenters. The predicted molar refractivity (Wildman–Crippen MR) is 82.6 cm³/mol. The minimum absolute atomic E-state index is 0.0477. The lowest BCUT2D eigenvalue weighted by molar-refractivity contribution is 0.0691. The zero-order valence-electron chi connectivity index (χ0n) is 12.4. The fraction of sp³-hybridized carbons (Fsp3) is 0.250. The Morgan fingerprint density at radius 2 is 2.00 bits per heavy atom. The van der Waals surface area contributed by atoms with Crippen molar-refractivity contribution >= 4 is 17.0 Å². The minimum atomic E-state index is -1.02. The van der Waals surface area contributed by atoms with Crippen molar-refractivity contribution in [3.05, 3.63) is 42.7 Å². The van der Waals surface area contributed by atoms with Crippen molar-refractivity contribution in [1.82, 2.24) is 19.5 Å². The van der Waals surface area contributed by atoms with Crippen LogP contribution in [0.5, 0.6) is 0 Å². The van der Waals surface area contributed by atoms with Crippen LogP contribution in [0.1, 0.15) is 24.3 Å². The number of carboxylic acid groups (broad SMARTS) is 1. The number of rotatable bonds is 4. The van der Waals surface area contributed by atoms with Gasteiger partial charge in [0.05, 0.1) is 0 Å². The first-order chi connectivity index (χ1) is 10.6. The summed E-state index contributed by atoms with van der Waals surface area (Å²) in [4.78, 5) is 23.6. The molecule has 0 saturated heterocycles. The van der Waals surface area contributed by atoms with Crippen molar-refractivity contribution in [2.24, 2.45) is 5.92 Å². The van der Waals surface area contributed by atoms with E-state index in [2.05, 4.69) is 28.8 Å². The molecule has 22 heavy (non-hydrogen) atoms. The van der Waals surface area contributed by atoms with E-state index in [4.69, 9.17) is 5.11 Å². The lowest BCUT2D eigenvalue weighted by Gasteiger charge is -2.07. The molecular formula is C16H16N4O2. The molecule has 112 valence electrons. The predicted octanol–water partition coefficient (Wildman–Crippen LogP) is 2.85. The van der Waals surface area contributed by atoms with Gasteiger partial charge in [-0.3, -0.25) is 0 Å². The molecule has 3 heterocycles. The average Bonchev–Trinajstić information content (AvgIpc) is 2.85. The van der Waals surface area contributed by atoms with Gasteiger partial charge in [0.2, 0.25) is 0 Å². The molecule has 0 unspecified atom stereocenters. The van der Waals surface area contributed by atoms with Gasteiger partial charge in [-0.2, -0.15) is 0 Å². The largest absolute Gasteiger partial charge is 0.477 e. The Balaban J connectivity index is 2.24. The second-order valence-electron chi connectivity index (χ2n) is 5.59. The van der Waals surface area contributed by atoms with Crippen molar-refractivity contribution < 1.29 is 9.90 Å². The highest BCUT2D eigenvalue weighted by molar-refractivity contribution is 5.96. The van der Waals surface area contributed by atoms with E-state index in [-0.39, 0.29) is 5.69 Å². The Labute approximate surface area is 127 Å². The second kappa shape index (κ2) is 5.55. The maximum absolute atomic E-state index is 11.2. The van der Waals surface area contributed by atoms with E-state index in [1.165, 1.54) is 12.4 Å². The molecule has 0 aromatic carbocycles. The normalized spacial score (nSPS) is 11.2. The van der Waals surface area contributed by atoms with E-state index in [1.807, 2.05) is 10.8 Å². The fourth-order valence-corrected chi connectivity index (χ4v) is 2.48. The molecule has 1 N–H and O–H groups in total. The summed E-state index contributed by atoms with van der Waals surface area (Å²) in [5.41, 5.74) is 2.57. The molecule has 0 spiro atoms. The van der Waals surface area contributed by atoms with Gasteiger partial charge in [-0.15, -0.1) is 0 Å². The third-order valence-electron chi connectivity index (χ3n) is 3.37. The van der Waals surface area contributed by atoms with E-state index in [0.717, 1.165) is 23.1 Å². The topological polar surface area (TPSA) is 80.9 Å². The Hall–Kier alpha value is -2.76. The first kappa shape index (κ1) is 14.2. The van der Waals surface area contributed by atoms with Crippen LogP contribution in [0.3, 0.4) is 0 Å². The first-order valence-corrected chi connectivity index (χ1v) is 7.05. The fourth-order valence-electron chi connectivity index (χ4n) is 2.48. The van der Waals surface area contributed by atoms with Crippen LogP contribution < -0.4 is 0 Å². The van der Waals surface area contributed by atoms with Gasteiger partial charge in [0.1, 0.15) is 12.0 Å². The number of nitrogens with zero attached hydrogens (tertiary/aromatic N) is 4. The van der Waals surface area contributed by atoms with Crippen molar-refractivity contribution in [2.45, 2.75) is 20.4 Å². The summed E-state index contributed by atoms with van der Waals surface area (Å²) in [7, 11) is 0. The van der Waals surface area contributed by atoms with E-state index in [1.54, 1.807) is 18.5 Å². The number of aromatic carboxylic acids is 1. The number of pyridine rings is 1. The molecule has 0 aliphatic carbocycles. The molecular weight excluding hydrogens is 280 g/mol. The van der Waals surface area contributed by atoms with Crippen LogP contribution in [-0.4, -0.2) is 30.6 Å². The third-order valence-corrected chi connectivity index (χ3v) is 3.37. The molecule has 0 aliphatic rings. The molecule has 0 aliphatic heterocycles. The van der Waals surface area contributed by atoms with E-state index < -0.39 is 5.97 Å². The summed E-state index contributed by atoms with van der Waals surface area (Å²) < 4.78 is 1.99. The van der Waals surface area contributed by atoms with Crippen molar-refractivity contribution in [1.29, 1.82) is 0 Å². The monoisotopic (exact) mass is 296 g/mol. The van der Waals surface area contributed by atoms with E-state index in [0.29, 0.717) is 11.6 Å². The standard InChI is InChI=1S/C16H16N4O2/c1-10(2)7-20-8-13(11-5-17-9-18-6-11)12-3-4-14(16(21)22)19-15(12)20/h3-6,8-10H,7H2,1-2H3,(H,21,22). The number of fused-ring (bicyclic) bond motifs is 1. The van der Waals surface area contributed by atoms with Crippen molar-refractivity contribution in [3.63, 3.8) is 0 Å². The molecule has 0 bridgehead atoms. The Kier molecular flexibility index (Phi) is 3.58. The third kappa shape index (κ3) is 2.55. The van der Waals surface area contributed by atoms with Crippen LogP contribution in [0, 0.1) is 5.92 Å². The lowest BCUT2D eigenvalue weighted by atomic mass is 10.1. The smallest absolute Gasteiger partial charge is 0.354 e. The zero-order valence-corrected chi connectivity index (χ0v) is 12.4. The van der Waals surface area contributed by atoms with Gasteiger partial charge >= 0.3 is 5.97 Å². The number of aromatic nitrogens is 4. The summed E-state index contributed by atoms with van der Waals surface area (Å²) in [5, 5.41) is 10.1. The summed E-state index contributed by atoms with van der Waals surface area (Å²) >= 11 is 0. The van der Waals surface area contributed by atoms with Gasteiger partial charge in [-0.1, -0.05) is 13.8 Å². The maximum atomic E-state index is 11.2. The molecule has 3 aromatic heterocycles. The van der Waals surface area contributed by atoms with E-state index in [9.17, 15) is 4.79 Å². The number of carboxylic acids is 1. The molecule has 0 saturated carbocycles. The lowest BCUT2D eigenvalue weighted by Crippen LogP contribution is -2.06. The van der Waals surface area contributed by atoms with Gasteiger partial charge in [0.15, 0.2) is 5.69 Å². The minimum Gasteiger partial charge on any atom is -0.477 e.